The number of carboxylic acids is 1. The lowest BCUT2D eigenvalue weighted by Gasteiger charge is -2.16. The molecule has 0 aromatic heterocycles. The molecule has 0 radical (unpaired) electrons. The Hall–Kier alpha value is -1.55. The first-order chi connectivity index (χ1) is 9.91. The van der Waals surface area contributed by atoms with Crippen LogP contribution in [0.4, 0.5) is 0 Å². The molecule has 0 saturated heterocycles. The van der Waals surface area contributed by atoms with Crippen molar-refractivity contribution in [3.63, 3.8) is 0 Å². The van der Waals surface area contributed by atoms with Crippen LogP contribution in [0.3, 0.4) is 0 Å². The molecular weight excluding hydrogens is 290 g/mol. The van der Waals surface area contributed by atoms with Crippen molar-refractivity contribution in [1.29, 1.82) is 0 Å². The molecule has 1 unspecified atom stereocenters. The summed E-state index contributed by atoms with van der Waals surface area (Å²) in [6, 6.07) is 7.73. The quantitative estimate of drug-likeness (QED) is 0.592. The number of hydrogen-bond donors (Lipinski definition) is 1. The number of unbranched alkanes of at least 4 members (excludes halogenated alkanes) is 2. The van der Waals surface area contributed by atoms with E-state index in [2.05, 4.69) is 0 Å². The predicted octanol–water partition coefficient (Wildman–Crippen LogP) is 3.23. The topological polar surface area (TPSA) is 57.6 Å². The summed E-state index contributed by atoms with van der Waals surface area (Å²) in [5, 5.41) is 9.82. The Morgan fingerprint density at radius 1 is 1.14 bits per heavy atom. The van der Waals surface area contributed by atoms with Crippen LogP contribution in [-0.2, 0) is 16.0 Å². The Kier molecular flexibility index (Phi) is 7.23. The summed E-state index contributed by atoms with van der Waals surface area (Å²) in [6.45, 7) is 0. The van der Waals surface area contributed by atoms with E-state index in [0.717, 1.165) is 30.7 Å². The van der Waals surface area contributed by atoms with Crippen LogP contribution in [0.2, 0.25) is 5.02 Å². The Morgan fingerprint density at radius 2 is 1.76 bits per heavy atom. The lowest BCUT2D eigenvalue weighted by atomic mass is 9.98. The second-order valence-corrected chi connectivity index (χ2v) is 5.79. The minimum Gasteiger partial charge on any atom is -0.481 e. The summed E-state index contributed by atoms with van der Waals surface area (Å²) in [5.74, 6) is -2.29. The van der Waals surface area contributed by atoms with Crippen molar-refractivity contribution >= 4 is 23.5 Å². The van der Waals surface area contributed by atoms with E-state index in [4.69, 9.17) is 16.7 Å². The van der Waals surface area contributed by atoms with E-state index in [9.17, 15) is 9.59 Å². The fourth-order valence-electron chi connectivity index (χ4n) is 2.17. The van der Waals surface area contributed by atoms with E-state index in [1.165, 1.54) is 10.5 Å². The molecule has 21 heavy (non-hydrogen) atoms. The number of carbonyl (C=O) groups is 2. The zero-order valence-corrected chi connectivity index (χ0v) is 13.3. The van der Waals surface area contributed by atoms with Crippen LogP contribution < -0.4 is 0 Å². The number of benzene rings is 1. The molecule has 0 aliphatic rings. The number of rotatable bonds is 8. The standard InChI is InChI=1S/C16H22ClNO3/c1-18(2)15(19)14(16(20)21)7-5-3-4-6-12-8-10-13(17)11-9-12/h8-11,14H,3-7H2,1-2H3,(H,20,21). The molecule has 1 rings (SSSR count). The van der Waals surface area contributed by atoms with E-state index < -0.39 is 11.9 Å². The van der Waals surface area contributed by atoms with E-state index >= 15 is 0 Å². The van der Waals surface area contributed by atoms with E-state index in [-0.39, 0.29) is 5.91 Å². The van der Waals surface area contributed by atoms with Gasteiger partial charge in [0.15, 0.2) is 0 Å². The highest BCUT2D eigenvalue weighted by Gasteiger charge is 2.26. The summed E-state index contributed by atoms with van der Waals surface area (Å²) < 4.78 is 0. The highest BCUT2D eigenvalue weighted by molar-refractivity contribution is 6.30. The van der Waals surface area contributed by atoms with Crippen molar-refractivity contribution in [2.75, 3.05) is 14.1 Å². The minimum absolute atomic E-state index is 0.333. The van der Waals surface area contributed by atoms with Gasteiger partial charge >= 0.3 is 5.97 Å². The number of amides is 1. The van der Waals surface area contributed by atoms with Gasteiger partial charge in [-0.1, -0.05) is 36.6 Å². The van der Waals surface area contributed by atoms with Crippen molar-refractivity contribution in [3.05, 3.63) is 34.9 Å². The molecule has 116 valence electrons. The third kappa shape index (κ3) is 6.17. The lowest BCUT2D eigenvalue weighted by Crippen LogP contribution is -2.34. The summed E-state index contributed by atoms with van der Waals surface area (Å²) >= 11 is 5.82. The molecule has 1 amide bonds. The third-order valence-corrected chi connectivity index (χ3v) is 3.66. The van der Waals surface area contributed by atoms with Gasteiger partial charge < -0.3 is 10.0 Å². The van der Waals surface area contributed by atoms with Gasteiger partial charge in [-0.05, 0) is 37.0 Å². The summed E-state index contributed by atoms with van der Waals surface area (Å²) in [7, 11) is 3.16. The first-order valence-electron chi connectivity index (χ1n) is 7.10. The molecule has 0 heterocycles. The van der Waals surface area contributed by atoms with Crippen LogP contribution in [0.15, 0.2) is 24.3 Å². The number of hydrogen-bond acceptors (Lipinski definition) is 2. The smallest absolute Gasteiger partial charge is 0.316 e. The van der Waals surface area contributed by atoms with Gasteiger partial charge in [-0.3, -0.25) is 9.59 Å². The highest BCUT2D eigenvalue weighted by atomic mass is 35.5. The van der Waals surface area contributed by atoms with Gasteiger partial charge in [0.25, 0.3) is 0 Å². The first-order valence-corrected chi connectivity index (χ1v) is 7.48. The average Bonchev–Trinajstić information content (AvgIpc) is 2.43. The van der Waals surface area contributed by atoms with Crippen LogP contribution >= 0.6 is 11.6 Å². The average molecular weight is 312 g/mol. The Morgan fingerprint density at radius 3 is 2.29 bits per heavy atom. The van der Waals surface area contributed by atoms with Gasteiger partial charge in [-0.15, -0.1) is 0 Å². The fraction of sp³-hybridized carbons (Fsp3) is 0.500. The molecule has 1 aromatic carbocycles. The van der Waals surface area contributed by atoms with Crippen molar-refractivity contribution in [2.45, 2.75) is 32.1 Å². The van der Waals surface area contributed by atoms with Crippen LogP contribution in [0, 0.1) is 5.92 Å². The number of aliphatic carboxylic acids is 1. The number of nitrogens with zero attached hydrogens (tertiary/aromatic N) is 1. The molecule has 0 saturated carbocycles. The number of carbonyl (C=O) groups excluding carboxylic acids is 1. The van der Waals surface area contributed by atoms with Crippen LogP contribution in [0.5, 0.6) is 0 Å². The Bertz CT molecular complexity index is 471. The van der Waals surface area contributed by atoms with Gasteiger partial charge in [0.05, 0.1) is 0 Å². The zero-order valence-electron chi connectivity index (χ0n) is 12.5. The lowest BCUT2D eigenvalue weighted by molar-refractivity contribution is -0.150. The number of halogens is 1. The third-order valence-electron chi connectivity index (χ3n) is 3.41. The normalized spacial score (nSPS) is 12.0. The maximum absolute atomic E-state index is 11.7. The maximum atomic E-state index is 11.7. The van der Waals surface area contributed by atoms with Gasteiger partial charge in [-0.25, -0.2) is 0 Å². The summed E-state index contributed by atoms with van der Waals surface area (Å²) in [6.07, 6.45) is 3.96. The van der Waals surface area contributed by atoms with Crippen LogP contribution in [-0.4, -0.2) is 36.0 Å². The molecular formula is C16H22ClNO3. The van der Waals surface area contributed by atoms with Crippen molar-refractivity contribution < 1.29 is 14.7 Å². The summed E-state index contributed by atoms with van der Waals surface area (Å²) in [4.78, 5) is 24.2. The van der Waals surface area contributed by atoms with Gasteiger partial charge in [0, 0.05) is 19.1 Å². The van der Waals surface area contributed by atoms with Gasteiger partial charge in [0.1, 0.15) is 5.92 Å². The van der Waals surface area contributed by atoms with Crippen molar-refractivity contribution in [2.24, 2.45) is 5.92 Å². The zero-order chi connectivity index (χ0) is 15.8. The molecule has 0 bridgehead atoms. The van der Waals surface area contributed by atoms with E-state index in [0.29, 0.717) is 6.42 Å². The molecule has 0 aliphatic heterocycles. The Balaban J connectivity index is 2.30. The van der Waals surface area contributed by atoms with Gasteiger partial charge in [-0.2, -0.15) is 0 Å². The summed E-state index contributed by atoms with van der Waals surface area (Å²) in [5.41, 5.74) is 1.22. The number of aryl methyl sites for hydroxylation is 1. The monoisotopic (exact) mass is 311 g/mol. The molecule has 1 N–H and O–H groups in total. The van der Waals surface area contributed by atoms with E-state index in [1.807, 2.05) is 24.3 Å². The Labute approximate surface area is 130 Å². The molecule has 1 atom stereocenters. The maximum Gasteiger partial charge on any atom is 0.316 e. The van der Waals surface area contributed by atoms with Crippen LogP contribution in [0.25, 0.3) is 0 Å². The van der Waals surface area contributed by atoms with Crippen molar-refractivity contribution in [3.8, 4) is 0 Å². The molecule has 0 fully saturated rings. The van der Waals surface area contributed by atoms with Gasteiger partial charge in [0.2, 0.25) is 5.91 Å². The highest BCUT2D eigenvalue weighted by Crippen LogP contribution is 2.15. The molecule has 0 aliphatic carbocycles. The second-order valence-electron chi connectivity index (χ2n) is 5.35. The second kappa shape index (κ2) is 8.67. The molecule has 1 aromatic rings. The largest absolute Gasteiger partial charge is 0.481 e. The van der Waals surface area contributed by atoms with E-state index in [1.54, 1.807) is 14.1 Å². The van der Waals surface area contributed by atoms with Crippen LogP contribution in [0.1, 0.15) is 31.2 Å². The molecule has 5 heteroatoms. The number of carboxylic acid groups (broad SMARTS) is 1. The predicted molar refractivity (Wildman–Crippen MR) is 83.4 cm³/mol. The molecule has 4 nitrogen and oxygen atoms in total. The van der Waals surface area contributed by atoms with Crippen molar-refractivity contribution in [1.82, 2.24) is 4.90 Å². The minimum atomic E-state index is -1.04. The fourth-order valence-corrected chi connectivity index (χ4v) is 2.30. The SMILES string of the molecule is CN(C)C(=O)C(CCCCCc1ccc(Cl)cc1)C(=O)O. The molecule has 0 spiro atoms. The first kappa shape index (κ1) is 17.5.